The Morgan fingerprint density at radius 3 is 1.02 bits per heavy atom. The Hall–Kier alpha value is -9.77. The van der Waals surface area contributed by atoms with Crippen LogP contribution < -0.4 is 5.32 Å². The van der Waals surface area contributed by atoms with E-state index in [9.17, 15) is 14.4 Å². The van der Waals surface area contributed by atoms with Crippen LogP contribution in [-0.4, -0.2) is 223 Å². The van der Waals surface area contributed by atoms with Crippen LogP contribution in [0.4, 0.5) is 0 Å². The highest BCUT2D eigenvalue weighted by Gasteiger charge is 2.63. The summed E-state index contributed by atoms with van der Waals surface area (Å²) >= 11 is 4.23. The van der Waals surface area contributed by atoms with E-state index in [0.717, 1.165) is 0 Å². The van der Waals surface area contributed by atoms with Gasteiger partial charge in [-0.2, -0.15) is 12.6 Å². The third kappa shape index (κ3) is 23.3. The van der Waals surface area contributed by atoms with E-state index in [1.807, 2.05) is 50.2 Å². The van der Waals surface area contributed by atoms with E-state index >= 15 is 19.2 Å². The second-order valence-electron chi connectivity index (χ2n) is 29.9. The van der Waals surface area contributed by atoms with Crippen molar-refractivity contribution in [3.05, 3.63) is 287 Å². The molecule has 29 nitrogen and oxygen atoms in total. The van der Waals surface area contributed by atoms with Crippen LogP contribution in [0.3, 0.4) is 0 Å². The van der Waals surface area contributed by atoms with E-state index in [0.29, 0.717) is 36.8 Å². The Balaban J connectivity index is 0.923. The number of amides is 1. The van der Waals surface area contributed by atoms with Crippen molar-refractivity contribution in [3.63, 3.8) is 0 Å². The van der Waals surface area contributed by atoms with Gasteiger partial charge >= 0.3 is 35.8 Å². The number of hydrogen-bond acceptors (Lipinski definition) is 29. The van der Waals surface area contributed by atoms with Gasteiger partial charge in [0.15, 0.2) is 74.4 Å². The van der Waals surface area contributed by atoms with E-state index in [-0.39, 0.29) is 97.6 Å². The van der Waals surface area contributed by atoms with Crippen LogP contribution in [0.2, 0.25) is 0 Å². The number of nitrogens with one attached hydrogen (secondary N) is 1. The summed E-state index contributed by atoms with van der Waals surface area (Å²) in [7, 11) is 2.24. The molecule has 31 heteroatoms. The van der Waals surface area contributed by atoms with Crippen molar-refractivity contribution in [1.29, 1.82) is 0 Å². The molecule has 0 radical (unpaired) electrons. The molecule has 0 bridgehead atoms. The molecule has 6 aliphatic rings. The van der Waals surface area contributed by atoms with Crippen molar-refractivity contribution < 1.29 is 133 Å². The maximum absolute atomic E-state index is 15.6. The fourth-order valence-electron chi connectivity index (χ4n) is 15.1. The first-order valence-electron chi connectivity index (χ1n) is 41.5. The largest absolute Gasteiger partial charge is 0.452 e. The van der Waals surface area contributed by atoms with Gasteiger partial charge in [0.25, 0.3) is 0 Å². The maximum Gasteiger partial charge on any atom is 0.338 e. The number of carbonyl (C=O) groups excluding carboxylic acids is 7. The second-order valence-corrected chi connectivity index (χ2v) is 30.6. The third-order valence-electron chi connectivity index (χ3n) is 21.3. The number of fused-ring (bicyclic) bond motifs is 2. The zero-order valence-electron chi connectivity index (χ0n) is 68.2. The SMILES string of the molecule is CCCCOCC1OC(OCCNC(=O)CCS)C(OC(=O)c2ccccc2)C(OC(=O)c2ccccc2)C1OC1OC2COC(c3ccccc3)OC2C(OC2OC(COCCCC)C(OC3OC4COC(c5ccccc5)OC4C(OP)C3OC(=O)c3ccccc3)C(OC(=O)c3ccccc3)C2OC(=O)c2ccccc2)C1OC(=O)c1ccccc1. The van der Waals surface area contributed by atoms with Crippen molar-refractivity contribution in [2.45, 2.75) is 181 Å². The first-order chi connectivity index (χ1) is 60.7. The predicted octanol–water partition coefficient (Wildman–Crippen LogP) is 11.9. The Morgan fingerprint density at radius 2 is 0.669 bits per heavy atom. The topological polar surface area (TPSA) is 325 Å². The maximum atomic E-state index is 15.6. The first kappa shape index (κ1) is 90.5. The van der Waals surface area contributed by atoms with E-state index in [1.54, 1.807) is 146 Å². The molecule has 1 N–H and O–H groups in total. The summed E-state index contributed by atoms with van der Waals surface area (Å²) in [6.07, 6.45) is -32.1. The Bertz CT molecular complexity index is 4680. The number of benzene rings is 8. The van der Waals surface area contributed by atoms with Gasteiger partial charge in [-0.3, -0.25) is 4.79 Å². The highest BCUT2D eigenvalue weighted by atomic mass is 32.1. The molecule has 23 unspecified atom stereocenters. The minimum absolute atomic E-state index is 0.00699. The number of carbonyl (C=O) groups is 7. The summed E-state index contributed by atoms with van der Waals surface area (Å²) in [4.78, 5) is 104. The number of unbranched alkanes of at least 4 members (excludes halogenated alkanes) is 2. The van der Waals surface area contributed by atoms with Crippen LogP contribution in [0.5, 0.6) is 0 Å². The van der Waals surface area contributed by atoms with Crippen LogP contribution in [0.1, 0.15) is 132 Å². The van der Waals surface area contributed by atoms with Crippen molar-refractivity contribution in [2.24, 2.45) is 0 Å². The molecule has 6 aliphatic heterocycles. The van der Waals surface area contributed by atoms with Crippen LogP contribution in [0.15, 0.2) is 243 Å². The highest BCUT2D eigenvalue weighted by molar-refractivity contribution is 7.80. The monoisotopic (exact) mass is 1740 g/mol. The summed E-state index contributed by atoms with van der Waals surface area (Å²) in [5.41, 5.74) is 1.54. The third-order valence-corrected chi connectivity index (χ3v) is 21.9. The zero-order valence-corrected chi connectivity index (χ0v) is 70.2. The van der Waals surface area contributed by atoms with Crippen LogP contribution in [0, 0.1) is 0 Å². The van der Waals surface area contributed by atoms with Crippen LogP contribution in [0.25, 0.3) is 0 Å². The summed E-state index contributed by atoms with van der Waals surface area (Å²) < 4.78 is 144. The molecule has 8 aromatic carbocycles. The van der Waals surface area contributed by atoms with E-state index in [1.165, 1.54) is 60.7 Å². The smallest absolute Gasteiger partial charge is 0.338 e. The molecule has 0 spiro atoms. The van der Waals surface area contributed by atoms with Gasteiger partial charge in [-0.05, 0) is 91.4 Å². The zero-order chi connectivity index (χ0) is 86.1. The Kier molecular flexibility index (Phi) is 33.1. The molecule has 0 aromatic heterocycles. The fraction of sp³-hybridized carbons (Fsp3) is 0.409. The van der Waals surface area contributed by atoms with Gasteiger partial charge < -0.3 is 105 Å². The van der Waals surface area contributed by atoms with E-state index in [4.69, 9.17) is 99.3 Å². The van der Waals surface area contributed by atoms with E-state index in [2.05, 4.69) is 27.4 Å². The molecule has 6 saturated heterocycles. The standard InChI is InChI=1S/C93H100NO28PS/c1-3-5-49-102-53-65-70(74(111-82(96)57-31-15-7-16-32-57)78(113-84(98)59-35-19-9-20-36-59)90(107-65)104-51-48-94-69(95)47-52-124)119-91-80(115-86(100)61-39-23-11-24-40-61)76(72-67(109-91)55-105-88(117-72)63-43-27-13-28-44-63)121-92-79(114-85(99)60-37-21-10-22-38-60)75(112-83(97)58-33-17-8-18-34-58)71(66(108-92)54-103-50-6-4-2)120-93-81(116-87(101)62-41-25-12-26-42-62)77(122-123)73-68(110-93)56-106-89(118-73)64-45-29-14-30-46-64/h7-46,65-68,70-81,88-93,124H,3-6,47-56,123H2,1-2H3,(H,94,95). The fourth-order valence-corrected chi connectivity index (χ4v) is 15.6. The molecule has 6 heterocycles. The average Bonchev–Trinajstić information content (AvgIpc) is 0.749. The number of esters is 6. The molecule has 124 heavy (non-hydrogen) atoms. The van der Waals surface area contributed by atoms with Crippen LogP contribution >= 0.6 is 22.1 Å². The number of hydrogen-bond donors (Lipinski definition) is 2. The normalized spacial score (nSPS) is 28.4. The molecule has 8 aromatic rings. The Morgan fingerprint density at radius 1 is 0.363 bits per heavy atom. The van der Waals surface area contributed by atoms with Crippen LogP contribution in [-0.2, 0) is 104 Å². The van der Waals surface area contributed by atoms with Gasteiger partial charge in [0.05, 0.1) is 66.4 Å². The molecule has 14 rings (SSSR count). The van der Waals surface area contributed by atoms with E-state index < -0.39 is 178 Å². The molecule has 1 amide bonds. The molecule has 656 valence electrons. The lowest BCUT2D eigenvalue weighted by molar-refractivity contribution is -0.410. The lowest BCUT2D eigenvalue weighted by atomic mass is 9.94. The average molecular weight is 1740 g/mol. The van der Waals surface area contributed by atoms with Gasteiger partial charge in [0, 0.05) is 46.8 Å². The number of ether oxygens (including phenoxy) is 20. The first-order valence-corrected chi connectivity index (χ1v) is 42.6. The number of rotatable bonds is 37. The predicted molar refractivity (Wildman–Crippen MR) is 447 cm³/mol. The minimum Gasteiger partial charge on any atom is -0.452 e. The molecule has 0 aliphatic carbocycles. The van der Waals surface area contributed by atoms with Gasteiger partial charge in [0.1, 0.15) is 61.0 Å². The van der Waals surface area contributed by atoms with Gasteiger partial charge in [0.2, 0.25) is 5.91 Å². The highest BCUT2D eigenvalue weighted by Crippen LogP contribution is 2.45. The van der Waals surface area contributed by atoms with Crippen molar-refractivity contribution >= 4 is 63.8 Å². The van der Waals surface area contributed by atoms with Crippen molar-refractivity contribution in [2.75, 3.05) is 58.5 Å². The number of thiol groups is 1. The lowest BCUT2D eigenvalue weighted by Crippen LogP contribution is -2.70. The van der Waals surface area contributed by atoms with Crippen molar-refractivity contribution in [1.82, 2.24) is 5.32 Å². The minimum atomic E-state index is -2.04. The van der Waals surface area contributed by atoms with Gasteiger partial charge in [-0.15, -0.1) is 0 Å². The van der Waals surface area contributed by atoms with Gasteiger partial charge in [-0.25, -0.2) is 28.8 Å². The summed E-state index contributed by atoms with van der Waals surface area (Å²) in [6, 6.07) is 66.2. The Labute approximate surface area is 725 Å². The molecule has 23 atom stereocenters. The van der Waals surface area contributed by atoms with Crippen molar-refractivity contribution in [3.8, 4) is 0 Å². The molecule has 0 saturated carbocycles. The van der Waals surface area contributed by atoms with Gasteiger partial charge in [-0.1, -0.05) is 197 Å². The lowest BCUT2D eigenvalue weighted by Gasteiger charge is -2.53. The molecule has 6 fully saturated rings. The quantitative estimate of drug-likeness (QED) is 0.0120. The summed E-state index contributed by atoms with van der Waals surface area (Å²) in [5.74, 6) is -5.67. The summed E-state index contributed by atoms with van der Waals surface area (Å²) in [5, 5.41) is 2.79. The second kappa shape index (κ2) is 45.4. The summed E-state index contributed by atoms with van der Waals surface area (Å²) in [6.45, 7) is 2.79. The molecular weight excluding hydrogens is 1640 g/mol. The molecular formula is C93H100NO28PS.